The van der Waals surface area contributed by atoms with Crippen LogP contribution in [0.4, 0.5) is 5.69 Å². The summed E-state index contributed by atoms with van der Waals surface area (Å²) >= 11 is 0. The lowest BCUT2D eigenvalue weighted by Gasteiger charge is -2.36. The predicted octanol–water partition coefficient (Wildman–Crippen LogP) is 2.55. The van der Waals surface area contributed by atoms with Gasteiger partial charge >= 0.3 is 0 Å². The van der Waals surface area contributed by atoms with Gasteiger partial charge in [-0.15, -0.1) is 0 Å². The second-order valence-electron chi connectivity index (χ2n) is 6.26. The van der Waals surface area contributed by atoms with Crippen LogP contribution in [0.2, 0.25) is 0 Å². The topological polar surface area (TPSA) is 21.8 Å². The molecule has 0 amide bonds. The molecule has 0 bridgehead atoms. The van der Waals surface area contributed by atoms with Crippen LogP contribution in [0.1, 0.15) is 26.3 Å². The number of benzene rings is 1. The van der Waals surface area contributed by atoms with Crippen LogP contribution in [0.15, 0.2) is 24.3 Å². The Kier molecular flexibility index (Phi) is 10.7. The second-order valence-corrected chi connectivity index (χ2v) is 6.26. The Morgan fingerprint density at radius 3 is 2.17 bits per heavy atom. The molecule has 0 aromatic heterocycles. The van der Waals surface area contributed by atoms with Gasteiger partial charge in [0.05, 0.1) is 0 Å². The highest BCUT2D eigenvalue weighted by atomic mass is 15.3. The van der Waals surface area contributed by atoms with Gasteiger partial charge in [0.2, 0.25) is 0 Å². The SMILES string of the molecule is CC.CCc1ccc(N2CCN(CCN(C)CCNC)CC2)cc1. The molecule has 1 aliphatic rings. The predicted molar refractivity (Wildman–Crippen MR) is 107 cm³/mol. The molecule has 1 aliphatic heterocycles. The van der Waals surface area contributed by atoms with E-state index in [1.165, 1.54) is 30.9 Å². The molecular formula is C20H38N4. The first-order valence-electron chi connectivity index (χ1n) is 9.62. The Labute approximate surface area is 149 Å². The first-order chi connectivity index (χ1) is 11.7. The van der Waals surface area contributed by atoms with Crippen LogP contribution >= 0.6 is 0 Å². The van der Waals surface area contributed by atoms with Gasteiger partial charge in [-0.3, -0.25) is 4.90 Å². The highest BCUT2D eigenvalue weighted by Gasteiger charge is 2.17. The number of hydrogen-bond acceptors (Lipinski definition) is 4. The van der Waals surface area contributed by atoms with E-state index in [0.29, 0.717) is 0 Å². The fourth-order valence-electron chi connectivity index (χ4n) is 2.90. The number of anilines is 1. The molecule has 0 radical (unpaired) electrons. The van der Waals surface area contributed by atoms with Crippen molar-refractivity contribution in [3.05, 3.63) is 29.8 Å². The van der Waals surface area contributed by atoms with Gasteiger partial charge in [0.15, 0.2) is 0 Å². The van der Waals surface area contributed by atoms with Crippen molar-refractivity contribution in [2.45, 2.75) is 27.2 Å². The molecule has 0 atom stereocenters. The smallest absolute Gasteiger partial charge is 0.0367 e. The van der Waals surface area contributed by atoms with Crippen LogP contribution < -0.4 is 10.2 Å². The van der Waals surface area contributed by atoms with Gasteiger partial charge in [-0.2, -0.15) is 0 Å². The third-order valence-corrected chi connectivity index (χ3v) is 4.62. The molecule has 1 N–H and O–H groups in total. The van der Waals surface area contributed by atoms with Gasteiger partial charge in [-0.25, -0.2) is 0 Å². The molecule has 0 unspecified atom stereocenters. The van der Waals surface area contributed by atoms with Crippen molar-refractivity contribution in [3.8, 4) is 0 Å². The van der Waals surface area contributed by atoms with Crippen molar-refractivity contribution in [3.63, 3.8) is 0 Å². The highest BCUT2D eigenvalue weighted by Crippen LogP contribution is 2.17. The van der Waals surface area contributed by atoms with E-state index in [-0.39, 0.29) is 0 Å². The molecule has 0 aliphatic carbocycles. The summed E-state index contributed by atoms with van der Waals surface area (Å²) in [4.78, 5) is 7.51. The Hall–Kier alpha value is -1.10. The van der Waals surface area contributed by atoms with Gasteiger partial charge in [-0.05, 0) is 38.2 Å². The second kappa shape index (κ2) is 12.3. The average molecular weight is 335 g/mol. The molecule has 24 heavy (non-hydrogen) atoms. The summed E-state index contributed by atoms with van der Waals surface area (Å²) in [5, 5.41) is 3.21. The summed E-state index contributed by atoms with van der Waals surface area (Å²) in [7, 11) is 4.23. The zero-order valence-corrected chi connectivity index (χ0v) is 16.5. The number of aryl methyl sites for hydroxylation is 1. The van der Waals surface area contributed by atoms with E-state index in [1.54, 1.807) is 0 Å². The van der Waals surface area contributed by atoms with E-state index in [9.17, 15) is 0 Å². The molecule has 1 aromatic rings. The minimum Gasteiger partial charge on any atom is -0.369 e. The molecule has 0 spiro atoms. The summed E-state index contributed by atoms with van der Waals surface area (Å²) in [5.74, 6) is 0. The average Bonchev–Trinajstić information content (AvgIpc) is 2.67. The fourth-order valence-corrected chi connectivity index (χ4v) is 2.90. The third-order valence-electron chi connectivity index (χ3n) is 4.62. The van der Waals surface area contributed by atoms with Gasteiger partial charge < -0.3 is 15.1 Å². The van der Waals surface area contributed by atoms with E-state index >= 15 is 0 Å². The minimum absolute atomic E-state index is 1.07. The van der Waals surface area contributed by atoms with Gasteiger partial charge in [-0.1, -0.05) is 32.9 Å². The summed E-state index contributed by atoms with van der Waals surface area (Å²) in [6.07, 6.45) is 1.12. The molecule has 1 saturated heterocycles. The van der Waals surface area contributed by atoms with Crippen LogP contribution in [0.25, 0.3) is 0 Å². The van der Waals surface area contributed by atoms with Gasteiger partial charge in [0.25, 0.3) is 0 Å². The first-order valence-corrected chi connectivity index (χ1v) is 9.62. The first kappa shape index (κ1) is 20.9. The molecule has 0 saturated carbocycles. The van der Waals surface area contributed by atoms with E-state index < -0.39 is 0 Å². The summed E-state index contributed by atoms with van der Waals surface area (Å²) in [6.45, 7) is 15.4. The van der Waals surface area contributed by atoms with Crippen molar-refractivity contribution in [2.24, 2.45) is 0 Å². The van der Waals surface area contributed by atoms with Crippen molar-refractivity contribution in [1.29, 1.82) is 0 Å². The molecule has 4 nitrogen and oxygen atoms in total. The lowest BCUT2D eigenvalue weighted by atomic mass is 10.1. The molecule has 4 heteroatoms. The molecule has 1 heterocycles. The van der Waals surface area contributed by atoms with E-state index in [1.807, 2.05) is 20.9 Å². The zero-order chi connectivity index (χ0) is 17.8. The Morgan fingerprint density at radius 2 is 1.62 bits per heavy atom. The maximum Gasteiger partial charge on any atom is 0.0367 e. The lowest BCUT2D eigenvalue weighted by molar-refractivity contribution is 0.216. The standard InChI is InChI=1S/C18H32N4.C2H6/c1-4-17-5-7-18(8-6-17)22-15-13-21(14-16-22)12-11-20(3)10-9-19-2;1-2/h5-8,19H,4,9-16H2,1-3H3;1-2H3. The maximum atomic E-state index is 3.21. The summed E-state index contributed by atoms with van der Waals surface area (Å²) in [6, 6.07) is 9.08. The summed E-state index contributed by atoms with van der Waals surface area (Å²) < 4.78 is 0. The zero-order valence-electron chi connectivity index (χ0n) is 16.5. The quantitative estimate of drug-likeness (QED) is 0.789. The molecule has 1 fully saturated rings. The molecule has 1 aromatic carbocycles. The molecule has 138 valence electrons. The van der Waals surface area contributed by atoms with Gasteiger partial charge in [0, 0.05) is 58.0 Å². The number of piperazine rings is 1. The molecular weight excluding hydrogens is 296 g/mol. The fraction of sp³-hybridized carbons (Fsp3) is 0.700. The highest BCUT2D eigenvalue weighted by molar-refractivity contribution is 5.48. The Morgan fingerprint density at radius 1 is 1.00 bits per heavy atom. The number of rotatable bonds is 8. The van der Waals surface area contributed by atoms with Crippen LogP contribution in [-0.2, 0) is 6.42 Å². The molecule has 2 rings (SSSR count). The third kappa shape index (κ3) is 7.20. The van der Waals surface area contributed by atoms with Crippen LogP contribution in [-0.4, -0.2) is 76.3 Å². The maximum absolute atomic E-state index is 3.21. The number of nitrogens with zero attached hydrogens (tertiary/aromatic N) is 3. The number of nitrogens with one attached hydrogen (secondary N) is 1. The van der Waals surface area contributed by atoms with Crippen LogP contribution in [0.3, 0.4) is 0 Å². The Balaban J connectivity index is 0.00000139. The van der Waals surface area contributed by atoms with Crippen molar-refractivity contribution < 1.29 is 0 Å². The van der Waals surface area contributed by atoms with Crippen molar-refractivity contribution >= 4 is 5.69 Å². The van der Waals surface area contributed by atoms with E-state index in [2.05, 4.69) is 58.3 Å². The van der Waals surface area contributed by atoms with Gasteiger partial charge in [0.1, 0.15) is 0 Å². The number of likely N-dealkylation sites (N-methyl/N-ethyl adjacent to an activating group) is 2. The number of hydrogen-bond donors (Lipinski definition) is 1. The van der Waals surface area contributed by atoms with Crippen molar-refractivity contribution in [2.75, 3.05) is 71.4 Å². The minimum atomic E-state index is 1.07. The summed E-state index contributed by atoms with van der Waals surface area (Å²) in [5.41, 5.74) is 2.80. The lowest BCUT2D eigenvalue weighted by Crippen LogP contribution is -2.48. The largest absolute Gasteiger partial charge is 0.369 e. The van der Waals surface area contributed by atoms with Crippen LogP contribution in [0, 0.1) is 0 Å². The van der Waals surface area contributed by atoms with Crippen LogP contribution in [0.5, 0.6) is 0 Å². The van der Waals surface area contributed by atoms with E-state index in [0.717, 1.165) is 39.1 Å². The monoisotopic (exact) mass is 334 g/mol. The normalized spacial score (nSPS) is 15.3. The Bertz CT molecular complexity index is 410. The van der Waals surface area contributed by atoms with E-state index in [4.69, 9.17) is 0 Å². The van der Waals surface area contributed by atoms with Crippen molar-refractivity contribution in [1.82, 2.24) is 15.1 Å².